The fourth-order valence-electron chi connectivity index (χ4n) is 4.14. The Hall–Kier alpha value is -3.32. The second kappa shape index (κ2) is 8.47. The molecule has 3 heterocycles. The van der Waals surface area contributed by atoms with Gasteiger partial charge in [-0.05, 0) is 48.6 Å². The van der Waals surface area contributed by atoms with Gasteiger partial charge in [-0.2, -0.15) is 5.10 Å². The van der Waals surface area contributed by atoms with Crippen LogP contribution in [-0.4, -0.2) is 43.9 Å². The largest absolute Gasteiger partial charge is 0.332 e. The van der Waals surface area contributed by atoms with Gasteiger partial charge in [-0.15, -0.1) is 0 Å². The van der Waals surface area contributed by atoms with Crippen LogP contribution in [-0.2, 0) is 31.0 Å². The van der Waals surface area contributed by atoms with Gasteiger partial charge in [0.2, 0.25) is 10.9 Å². The lowest BCUT2D eigenvalue weighted by Gasteiger charge is -2.26. The van der Waals surface area contributed by atoms with E-state index in [4.69, 9.17) is 0 Å². The minimum Gasteiger partial charge on any atom is -0.288 e. The van der Waals surface area contributed by atoms with Crippen molar-refractivity contribution >= 4 is 39.0 Å². The van der Waals surface area contributed by atoms with Crippen molar-refractivity contribution in [3.05, 3.63) is 74.1 Å². The van der Waals surface area contributed by atoms with Crippen molar-refractivity contribution in [2.24, 2.45) is 7.05 Å². The second-order valence-corrected chi connectivity index (χ2v) is 10.2. The summed E-state index contributed by atoms with van der Waals surface area (Å²) in [4.78, 5) is 27.7. The zero-order valence-electron chi connectivity index (χ0n) is 18.1. The standard InChI is InChI=1S/C21H21FN6O4S2/c1-25-10-14(9-23-25)11-27-19(29)17-8-15(28(34(31)32)21(13-22)5-6-21)2-3-18(17)26(20(27)30)12-16-4-7-24-33-16/h2-4,7-10,34H,5-6,11-13H2,1H3. The maximum absolute atomic E-state index is 13.7. The molecule has 3 aromatic heterocycles. The fourth-order valence-corrected chi connectivity index (χ4v) is 5.62. The zero-order chi connectivity index (χ0) is 24.0. The molecule has 1 aliphatic carbocycles. The van der Waals surface area contributed by atoms with Gasteiger partial charge in [0.15, 0.2) is 0 Å². The number of hydrogen-bond acceptors (Lipinski definition) is 7. The van der Waals surface area contributed by atoms with Gasteiger partial charge in [0.25, 0.3) is 5.56 Å². The summed E-state index contributed by atoms with van der Waals surface area (Å²) in [6, 6.07) is 6.27. The van der Waals surface area contributed by atoms with Crippen LogP contribution in [0.25, 0.3) is 10.9 Å². The zero-order valence-corrected chi connectivity index (χ0v) is 19.8. The molecule has 0 bridgehead atoms. The monoisotopic (exact) mass is 504 g/mol. The van der Waals surface area contributed by atoms with Crippen LogP contribution >= 0.6 is 11.5 Å². The van der Waals surface area contributed by atoms with Gasteiger partial charge < -0.3 is 0 Å². The first-order valence-electron chi connectivity index (χ1n) is 10.5. The Kier molecular flexibility index (Phi) is 5.60. The van der Waals surface area contributed by atoms with Crippen molar-refractivity contribution < 1.29 is 12.8 Å². The predicted octanol–water partition coefficient (Wildman–Crippen LogP) is 1.28. The molecule has 5 rings (SSSR count). The van der Waals surface area contributed by atoms with Crippen LogP contribution in [0.1, 0.15) is 23.3 Å². The number of fused-ring (bicyclic) bond motifs is 1. The maximum Gasteiger partial charge on any atom is 0.332 e. The summed E-state index contributed by atoms with van der Waals surface area (Å²) < 4.78 is 47.1. The summed E-state index contributed by atoms with van der Waals surface area (Å²) in [5.41, 5.74) is -0.934. The summed E-state index contributed by atoms with van der Waals surface area (Å²) in [5, 5.41) is 4.26. The SMILES string of the molecule is Cn1cc(Cn2c(=O)c3cc(N([SH](=O)=O)C4(CF)CC4)ccc3n(Cc3ccns3)c2=O)cn1. The van der Waals surface area contributed by atoms with E-state index in [-0.39, 0.29) is 24.2 Å². The van der Waals surface area contributed by atoms with Gasteiger partial charge in [0.05, 0.1) is 41.4 Å². The Morgan fingerprint density at radius 3 is 2.56 bits per heavy atom. The highest BCUT2D eigenvalue weighted by Crippen LogP contribution is 2.45. The summed E-state index contributed by atoms with van der Waals surface area (Å²) >= 11 is 1.24. The Morgan fingerprint density at radius 2 is 1.97 bits per heavy atom. The van der Waals surface area contributed by atoms with E-state index in [0.29, 0.717) is 23.9 Å². The maximum atomic E-state index is 13.7. The molecule has 178 valence electrons. The molecule has 10 nitrogen and oxygen atoms in total. The first-order chi connectivity index (χ1) is 16.3. The van der Waals surface area contributed by atoms with E-state index >= 15 is 0 Å². The highest BCUT2D eigenvalue weighted by Gasteiger charge is 2.50. The molecule has 1 aliphatic rings. The molecule has 0 aliphatic heterocycles. The molecule has 4 aromatic rings. The first kappa shape index (κ1) is 22.5. The molecular formula is C21H21FN6O4S2. The third-order valence-corrected chi connectivity index (χ3v) is 7.75. The van der Waals surface area contributed by atoms with E-state index in [9.17, 15) is 22.4 Å². The number of rotatable bonds is 8. The van der Waals surface area contributed by atoms with Crippen molar-refractivity contribution in [2.45, 2.75) is 31.5 Å². The molecule has 0 unspecified atom stereocenters. The van der Waals surface area contributed by atoms with Crippen LogP contribution in [0.5, 0.6) is 0 Å². The third kappa shape index (κ3) is 3.84. The molecule has 0 amide bonds. The average molecular weight is 505 g/mol. The molecule has 0 N–H and O–H groups in total. The summed E-state index contributed by atoms with van der Waals surface area (Å²) in [7, 11) is -1.40. The van der Waals surface area contributed by atoms with Gasteiger partial charge in [0.1, 0.15) is 6.67 Å². The van der Waals surface area contributed by atoms with Gasteiger partial charge in [-0.3, -0.25) is 22.9 Å². The van der Waals surface area contributed by atoms with Crippen LogP contribution < -0.4 is 15.6 Å². The van der Waals surface area contributed by atoms with Gasteiger partial charge in [-0.25, -0.2) is 22.0 Å². The van der Waals surface area contributed by atoms with E-state index in [1.165, 1.54) is 28.2 Å². The topological polar surface area (TPSA) is 112 Å². The quantitative estimate of drug-likeness (QED) is 0.362. The van der Waals surface area contributed by atoms with Gasteiger partial charge >= 0.3 is 5.69 Å². The molecule has 0 radical (unpaired) electrons. The van der Waals surface area contributed by atoms with Crippen LogP contribution in [0.2, 0.25) is 0 Å². The minimum atomic E-state index is -3.13. The predicted molar refractivity (Wildman–Crippen MR) is 127 cm³/mol. The molecule has 1 saturated carbocycles. The van der Waals surface area contributed by atoms with E-state index in [2.05, 4.69) is 9.47 Å². The molecule has 0 spiro atoms. The number of anilines is 1. The number of thiol groups is 1. The second-order valence-electron chi connectivity index (χ2n) is 8.37. The molecule has 0 saturated heterocycles. The Labute approximate surface area is 198 Å². The van der Waals surface area contributed by atoms with Crippen LogP contribution in [0.15, 0.2) is 52.4 Å². The lowest BCUT2D eigenvalue weighted by molar-refractivity contribution is 0.417. The Bertz CT molecular complexity index is 1560. The lowest BCUT2D eigenvalue weighted by Crippen LogP contribution is -2.41. The molecule has 1 fully saturated rings. The number of nitrogens with zero attached hydrogens (tertiary/aromatic N) is 6. The van der Waals surface area contributed by atoms with E-state index in [1.807, 2.05) is 0 Å². The Balaban J connectivity index is 1.72. The molecular weight excluding hydrogens is 483 g/mol. The van der Waals surface area contributed by atoms with Crippen molar-refractivity contribution in [3.63, 3.8) is 0 Å². The summed E-state index contributed by atoms with van der Waals surface area (Å²) in [6.07, 6.45) is 5.72. The van der Waals surface area contributed by atoms with Crippen LogP contribution in [0.4, 0.5) is 10.1 Å². The number of aromatic nitrogens is 5. The fraction of sp³-hybridized carbons (Fsp3) is 0.333. The Morgan fingerprint density at radius 1 is 1.18 bits per heavy atom. The highest BCUT2D eigenvalue weighted by atomic mass is 32.2. The first-order valence-corrected chi connectivity index (χ1v) is 12.4. The highest BCUT2D eigenvalue weighted by molar-refractivity contribution is 7.74. The smallest absolute Gasteiger partial charge is 0.288 e. The van der Waals surface area contributed by atoms with E-state index in [0.717, 1.165) is 13.7 Å². The number of halogens is 1. The normalized spacial score (nSPS) is 14.7. The van der Waals surface area contributed by atoms with Crippen molar-refractivity contribution in [1.29, 1.82) is 0 Å². The molecule has 1 aromatic carbocycles. The third-order valence-electron chi connectivity index (χ3n) is 6.05. The van der Waals surface area contributed by atoms with Crippen molar-refractivity contribution in [1.82, 2.24) is 23.3 Å². The number of alkyl halides is 1. The molecule has 0 atom stereocenters. The molecule has 34 heavy (non-hydrogen) atoms. The molecule has 13 heteroatoms. The van der Waals surface area contributed by atoms with Crippen LogP contribution in [0.3, 0.4) is 0 Å². The van der Waals surface area contributed by atoms with E-state index < -0.39 is 34.4 Å². The van der Waals surface area contributed by atoms with Crippen LogP contribution in [0, 0.1) is 0 Å². The lowest BCUT2D eigenvalue weighted by atomic mass is 10.2. The summed E-state index contributed by atoms with van der Waals surface area (Å²) in [6.45, 7) is -0.618. The van der Waals surface area contributed by atoms with Crippen molar-refractivity contribution in [2.75, 3.05) is 11.0 Å². The summed E-state index contributed by atoms with van der Waals surface area (Å²) in [5.74, 6) is 0. The van der Waals surface area contributed by atoms with Gasteiger partial charge in [0, 0.05) is 29.9 Å². The minimum absolute atomic E-state index is 0.00230. The van der Waals surface area contributed by atoms with Crippen molar-refractivity contribution in [3.8, 4) is 0 Å². The number of aryl methyl sites for hydroxylation is 1. The number of hydrogen-bond donors (Lipinski definition) is 1. The van der Waals surface area contributed by atoms with E-state index in [1.54, 1.807) is 42.5 Å². The number of benzene rings is 1. The van der Waals surface area contributed by atoms with Gasteiger partial charge in [-0.1, -0.05) is 0 Å². The average Bonchev–Trinajstić information content (AvgIpc) is 3.20.